The number of hydrogen-bond donors (Lipinski definition) is 0. The Morgan fingerprint density at radius 3 is 2.64 bits per heavy atom. The van der Waals surface area contributed by atoms with Gasteiger partial charge in [0.2, 0.25) is 5.91 Å². The summed E-state index contributed by atoms with van der Waals surface area (Å²) in [5, 5.41) is 4.26. The highest BCUT2D eigenvalue weighted by Crippen LogP contribution is 2.22. The number of rotatable bonds is 4. The molecule has 120 valence electrons. The molecule has 1 amide bonds. The molecule has 0 radical (unpaired) electrons. The summed E-state index contributed by atoms with van der Waals surface area (Å²) in [5.74, 6) is -0.268. The van der Waals surface area contributed by atoms with Crippen molar-refractivity contribution in [1.29, 1.82) is 0 Å². The molecular weight excluding hydrogens is 282 g/mol. The summed E-state index contributed by atoms with van der Waals surface area (Å²) in [4.78, 5) is 25.5. The summed E-state index contributed by atoms with van der Waals surface area (Å²) >= 11 is 0. The van der Waals surface area contributed by atoms with Crippen molar-refractivity contribution in [2.75, 3.05) is 19.7 Å². The highest BCUT2D eigenvalue weighted by molar-refractivity contribution is 5.89. The molecule has 1 aromatic heterocycles. The summed E-state index contributed by atoms with van der Waals surface area (Å²) in [5.41, 5.74) is 1.49. The Hall–Kier alpha value is -2.11. The Bertz CT molecular complexity index is 565. The number of piperidine rings is 1. The maximum atomic E-state index is 12.0. The van der Waals surface area contributed by atoms with Crippen LogP contribution in [0.5, 0.6) is 0 Å². The van der Waals surface area contributed by atoms with E-state index in [1.165, 1.54) is 0 Å². The van der Waals surface area contributed by atoms with E-state index in [0.29, 0.717) is 25.3 Å². The Kier molecular flexibility index (Phi) is 5.35. The van der Waals surface area contributed by atoms with Crippen molar-refractivity contribution in [1.82, 2.24) is 14.7 Å². The van der Waals surface area contributed by atoms with Gasteiger partial charge < -0.3 is 9.64 Å². The van der Waals surface area contributed by atoms with Crippen LogP contribution in [0, 0.1) is 0 Å². The maximum absolute atomic E-state index is 12.0. The highest BCUT2D eigenvalue weighted by atomic mass is 16.5. The normalized spacial score (nSPS) is 15.5. The fraction of sp³-hybridized carbons (Fsp3) is 0.562. The molecule has 0 saturated carbocycles. The van der Waals surface area contributed by atoms with Gasteiger partial charge in [-0.2, -0.15) is 5.10 Å². The first kappa shape index (κ1) is 16.3. The molecule has 1 fully saturated rings. The molecule has 1 aliphatic heterocycles. The van der Waals surface area contributed by atoms with Crippen LogP contribution in [0.3, 0.4) is 0 Å². The van der Waals surface area contributed by atoms with Crippen LogP contribution in [-0.2, 0) is 9.53 Å². The predicted molar refractivity (Wildman–Crippen MR) is 82.5 cm³/mol. The Morgan fingerprint density at radius 1 is 1.36 bits per heavy atom. The minimum atomic E-state index is -0.343. The second-order valence-corrected chi connectivity index (χ2v) is 5.71. The zero-order valence-corrected chi connectivity index (χ0v) is 13.4. The van der Waals surface area contributed by atoms with Gasteiger partial charge in [0, 0.05) is 25.4 Å². The van der Waals surface area contributed by atoms with Crippen molar-refractivity contribution in [3.63, 3.8) is 0 Å². The lowest BCUT2D eigenvalue weighted by Crippen LogP contribution is -2.38. The standard InChI is InChI=1S/C16H23N3O3/c1-4-22-16(21)13-10-17-19(11-13)14-5-7-18(8-6-14)15(20)9-12(2)3/h9-11,14H,4-8H2,1-3H3. The molecule has 0 spiro atoms. The first-order chi connectivity index (χ1) is 10.5. The van der Waals surface area contributed by atoms with E-state index in [1.807, 2.05) is 23.4 Å². The van der Waals surface area contributed by atoms with Crippen LogP contribution in [0.15, 0.2) is 24.0 Å². The number of ether oxygens (including phenoxy) is 1. The summed E-state index contributed by atoms with van der Waals surface area (Å²) in [6, 6.07) is 0.221. The van der Waals surface area contributed by atoms with Crippen molar-refractivity contribution in [2.45, 2.75) is 39.7 Å². The topological polar surface area (TPSA) is 64.4 Å². The molecule has 0 unspecified atom stereocenters. The summed E-state index contributed by atoms with van der Waals surface area (Å²) in [7, 11) is 0. The number of carbonyl (C=O) groups excluding carboxylic acids is 2. The molecule has 22 heavy (non-hydrogen) atoms. The Balaban J connectivity index is 1.93. The fourth-order valence-corrected chi connectivity index (χ4v) is 2.55. The molecule has 0 aliphatic carbocycles. The Labute approximate surface area is 130 Å². The number of carbonyl (C=O) groups is 2. The van der Waals surface area contributed by atoms with Crippen molar-refractivity contribution in [3.05, 3.63) is 29.6 Å². The molecule has 1 saturated heterocycles. The Morgan fingerprint density at radius 2 is 2.05 bits per heavy atom. The quantitative estimate of drug-likeness (QED) is 0.632. The zero-order chi connectivity index (χ0) is 16.1. The average Bonchev–Trinajstić information content (AvgIpc) is 2.97. The number of hydrogen-bond acceptors (Lipinski definition) is 4. The molecule has 6 nitrogen and oxygen atoms in total. The molecule has 2 heterocycles. The summed E-state index contributed by atoms with van der Waals surface area (Å²) in [6.45, 7) is 7.40. The van der Waals surface area contributed by atoms with Gasteiger partial charge in [0.1, 0.15) is 0 Å². The molecule has 0 bridgehead atoms. The molecule has 6 heteroatoms. The lowest BCUT2D eigenvalue weighted by atomic mass is 10.1. The SMILES string of the molecule is CCOC(=O)c1cnn(C2CCN(C(=O)C=C(C)C)CC2)c1. The van der Waals surface area contributed by atoms with Crippen LogP contribution in [0.1, 0.15) is 50.0 Å². The van der Waals surface area contributed by atoms with Crippen molar-refractivity contribution in [2.24, 2.45) is 0 Å². The number of nitrogens with zero attached hydrogens (tertiary/aromatic N) is 3. The molecule has 0 aromatic carbocycles. The number of allylic oxidation sites excluding steroid dienone is 1. The maximum Gasteiger partial charge on any atom is 0.341 e. The lowest BCUT2D eigenvalue weighted by Gasteiger charge is -2.31. The van der Waals surface area contributed by atoms with E-state index < -0.39 is 0 Å². The lowest BCUT2D eigenvalue weighted by molar-refractivity contribution is -0.127. The van der Waals surface area contributed by atoms with Crippen LogP contribution < -0.4 is 0 Å². The second kappa shape index (κ2) is 7.24. The molecule has 0 atom stereocenters. The fourth-order valence-electron chi connectivity index (χ4n) is 2.55. The van der Waals surface area contributed by atoms with Gasteiger partial charge in [-0.05, 0) is 33.6 Å². The molecule has 2 rings (SSSR count). The number of esters is 1. The van der Waals surface area contributed by atoms with Crippen LogP contribution in [-0.4, -0.2) is 46.3 Å². The van der Waals surface area contributed by atoms with Crippen molar-refractivity contribution >= 4 is 11.9 Å². The van der Waals surface area contributed by atoms with Crippen LogP contribution in [0.25, 0.3) is 0 Å². The minimum absolute atomic E-state index is 0.0751. The van der Waals surface area contributed by atoms with Gasteiger partial charge in [0.05, 0.1) is 24.4 Å². The third kappa shape index (κ3) is 3.96. The largest absolute Gasteiger partial charge is 0.462 e. The van der Waals surface area contributed by atoms with E-state index >= 15 is 0 Å². The smallest absolute Gasteiger partial charge is 0.341 e. The van der Waals surface area contributed by atoms with Gasteiger partial charge in [-0.15, -0.1) is 0 Å². The van der Waals surface area contributed by atoms with Crippen LogP contribution in [0.2, 0.25) is 0 Å². The number of aromatic nitrogens is 2. The molecule has 0 N–H and O–H groups in total. The van der Waals surface area contributed by atoms with E-state index in [4.69, 9.17) is 4.74 Å². The van der Waals surface area contributed by atoms with Gasteiger partial charge in [0.15, 0.2) is 0 Å². The van der Waals surface area contributed by atoms with Gasteiger partial charge in [-0.3, -0.25) is 9.48 Å². The third-order valence-electron chi connectivity index (χ3n) is 3.68. The van der Waals surface area contributed by atoms with Gasteiger partial charge in [-0.1, -0.05) is 5.57 Å². The van der Waals surface area contributed by atoms with Gasteiger partial charge in [0.25, 0.3) is 0 Å². The van der Waals surface area contributed by atoms with E-state index in [2.05, 4.69) is 5.10 Å². The summed E-state index contributed by atoms with van der Waals surface area (Å²) in [6.07, 6.45) is 6.63. The van der Waals surface area contributed by atoms with Gasteiger partial charge >= 0.3 is 5.97 Å². The minimum Gasteiger partial charge on any atom is -0.462 e. The van der Waals surface area contributed by atoms with Crippen LogP contribution >= 0.6 is 0 Å². The first-order valence-electron chi connectivity index (χ1n) is 7.66. The molecular formula is C16H23N3O3. The average molecular weight is 305 g/mol. The van der Waals surface area contributed by atoms with Gasteiger partial charge in [-0.25, -0.2) is 4.79 Å². The third-order valence-corrected chi connectivity index (χ3v) is 3.68. The van der Waals surface area contributed by atoms with E-state index in [0.717, 1.165) is 18.4 Å². The summed E-state index contributed by atoms with van der Waals surface area (Å²) < 4.78 is 6.78. The predicted octanol–water partition coefficient (Wildman–Crippen LogP) is 2.19. The highest BCUT2D eigenvalue weighted by Gasteiger charge is 2.24. The van der Waals surface area contributed by atoms with Crippen LogP contribution in [0.4, 0.5) is 0 Å². The van der Waals surface area contributed by atoms with Crippen molar-refractivity contribution in [3.8, 4) is 0 Å². The molecule has 1 aromatic rings. The van der Waals surface area contributed by atoms with Crippen molar-refractivity contribution < 1.29 is 14.3 Å². The zero-order valence-electron chi connectivity index (χ0n) is 13.4. The first-order valence-corrected chi connectivity index (χ1v) is 7.66. The van der Waals surface area contributed by atoms with E-state index in [1.54, 1.807) is 25.4 Å². The van der Waals surface area contributed by atoms with E-state index in [9.17, 15) is 9.59 Å². The number of amides is 1. The second-order valence-electron chi connectivity index (χ2n) is 5.71. The monoisotopic (exact) mass is 305 g/mol. The number of likely N-dealkylation sites (tertiary alicyclic amines) is 1. The van der Waals surface area contributed by atoms with E-state index in [-0.39, 0.29) is 17.9 Å². The molecule has 1 aliphatic rings.